The molecule has 2 aromatic rings. The van der Waals surface area contributed by atoms with Gasteiger partial charge in [0.2, 0.25) is 5.91 Å². The van der Waals surface area contributed by atoms with E-state index in [0.717, 1.165) is 11.2 Å². The van der Waals surface area contributed by atoms with E-state index in [9.17, 15) is 4.79 Å². The predicted molar refractivity (Wildman–Crippen MR) is 80.6 cm³/mol. The van der Waals surface area contributed by atoms with Crippen LogP contribution in [0.2, 0.25) is 0 Å². The van der Waals surface area contributed by atoms with Crippen molar-refractivity contribution in [3.8, 4) is 0 Å². The highest BCUT2D eigenvalue weighted by Gasteiger charge is 2.19. The SMILES string of the molecule is CC(Nc1nccc2sccc12)C(=O)NC(C)(C)C. The van der Waals surface area contributed by atoms with Gasteiger partial charge >= 0.3 is 0 Å². The molecule has 5 heteroatoms. The minimum atomic E-state index is -0.322. The standard InChI is InChI=1S/C14H19N3OS/c1-9(13(18)17-14(2,3)4)16-12-10-6-8-19-11(10)5-7-15-12/h5-9H,1-4H3,(H,15,16)(H,17,18). The molecule has 0 aliphatic heterocycles. The van der Waals surface area contributed by atoms with E-state index in [1.165, 1.54) is 4.70 Å². The number of hydrogen-bond acceptors (Lipinski definition) is 4. The number of nitrogens with zero attached hydrogens (tertiary/aromatic N) is 1. The summed E-state index contributed by atoms with van der Waals surface area (Å²) in [6.45, 7) is 7.74. The zero-order chi connectivity index (χ0) is 14.0. The van der Waals surface area contributed by atoms with Gasteiger partial charge < -0.3 is 10.6 Å². The van der Waals surface area contributed by atoms with E-state index in [1.807, 2.05) is 45.2 Å². The van der Waals surface area contributed by atoms with Crippen LogP contribution >= 0.6 is 11.3 Å². The second-order valence-electron chi connectivity index (χ2n) is 5.60. The van der Waals surface area contributed by atoms with Gasteiger partial charge in [-0.05, 0) is 45.2 Å². The lowest BCUT2D eigenvalue weighted by Crippen LogP contribution is -2.47. The molecule has 0 bridgehead atoms. The number of rotatable bonds is 3. The predicted octanol–water partition coefficient (Wildman–Crippen LogP) is 3.01. The van der Waals surface area contributed by atoms with Crippen LogP contribution in [0.15, 0.2) is 23.7 Å². The average molecular weight is 277 g/mol. The Labute approximate surface area is 117 Å². The first-order valence-corrected chi connectivity index (χ1v) is 7.15. The van der Waals surface area contributed by atoms with Crippen LogP contribution in [0.3, 0.4) is 0 Å². The smallest absolute Gasteiger partial charge is 0.242 e. The Hall–Kier alpha value is -1.62. The fraction of sp³-hybridized carbons (Fsp3) is 0.429. The van der Waals surface area contributed by atoms with Gasteiger partial charge in [0.25, 0.3) is 0 Å². The lowest BCUT2D eigenvalue weighted by atomic mass is 10.1. The van der Waals surface area contributed by atoms with E-state index in [4.69, 9.17) is 0 Å². The molecule has 0 aliphatic carbocycles. The molecule has 2 N–H and O–H groups in total. The first kappa shape index (κ1) is 13.8. The van der Waals surface area contributed by atoms with E-state index in [2.05, 4.69) is 15.6 Å². The van der Waals surface area contributed by atoms with Gasteiger partial charge in [-0.15, -0.1) is 11.3 Å². The highest BCUT2D eigenvalue weighted by atomic mass is 32.1. The van der Waals surface area contributed by atoms with Crippen molar-refractivity contribution in [2.24, 2.45) is 0 Å². The fourth-order valence-electron chi connectivity index (χ4n) is 1.76. The zero-order valence-corrected chi connectivity index (χ0v) is 12.5. The molecule has 0 spiro atoms. The molecule has 2 heterocycles. The van der Waals surface area contributed by atoms with Crippen LogP contribution in [0.25, 0.3) is 10.1 Å². The van der Waals surface area contributed by atoms with Gasteiger partial charge in [-0.2, -0.15) is 0 Å². The zero-order valence-electron chi connectivity index (χ0n) is 11.7. The van der Waals surface area contributed by atoms with Gasteiger partial charge in [0.05, 0.1) is 0 Å². The highest BCUT2D eigenvalue weighted by molar-refractivity contribution is 7.17. The Morgan fingerprint density at radius 3 is 2.79 bits per heavy atom. The summed E-state index contributed by atoms with van der Waals surface area (Å²) in [6, 6.07) is 3.67. The molecule has 102 valence electrons. The highest BCUT2D eigenvalue weighted by Crippen LogP contribution is 2.26. The van der Waals surface area contributed by atoms with Crippen LogP contribution in [0.4, 0.5) is 5.82 Å². The van der Waals surface area contributed by atoms with Crippen molar-refractivity contribution in [1.82, 2.24) is 10.3 Å². The number of hydrogen-bond donors (Lipinski definition) is 2. The maximum Gasteiger partial charge on any atom is 0.242 e. The number of anilines is 1. The van der Waals surface area contributed by atoms with Crippen molar-refractivity contribution in [3.63, 3.8) is 0 Å². The van der Waals surface area contributed by atoms with Crippen LogP contribution in [0.1, 0.15) is 27.7 Å². The summed E-state index contributed by atoms with van der Waals surface area (Å²) in [4.78, 5) is 16.4. The van der Waals surface area contributed by atoms with Gasteiger partial charge in [0.1, 0.15) is 11.9 Å². The quantitative estimate of drug-likeness (QED) is 0.906. The minimum Gasteiger partial charge on any atom is -0.358 e. The Bertz CT molecular complexity index is 586. The first-order valence-electron chi connectivity index (χ1n) is 6.27. The van der Waals surface area contributed by atoms with E-state index >= 15 is 0 Å². The number of pyridine rings is 1. The van der Waals surface area contributed by atoms with Crippen LogP contribution in [0, 0.1) is 0 Å². The first-order chi connectivity index (χ1) is 8.87. The number of carbonyl (C=O) groups is 1. The third-order valence-electron chi connectivity index (χ3n) is 2.62. The van der Waals surface area contributed by atoms with E-state index in [0.29, 0.717) is 0 Å². The van der Waals surface area contributed by atoms with Crippen LogP contribution in [-0.2, 0) is 4.79 Å². The second kappa shape index (κ2) is 5.17. The number of amides is 1. The molecule has 2 rings (SSSR count). The minimum absolute atomic E-state index is 0.0264. The maximum atomic E-state index is 12.0. The summed E-state index contributed by atoms with van der Waals surface area (Å²) in [6.07, 6.45) is 1.76. The summed E-state index contributed by atoms with van der Waals surface area (Å²) in [5.41, 5.74) is -0.227. The summed E-state index contributed by atoms with van der Waals surface area (Å²) in [5.74, 6) is 0.733. The second-order valence-corrected chi connectivity index (χ2v) is 6.54. The number of nitrogens with one attached hydrogen (secondary N) is 2. The van der Waals surface area contributed by atoms with E-state index < -0.39 is 0 Å². The third-order valence-corrected chi connectivity index (χ3v) is 3.51. The van der Waals surface area contributed by atoms with Crippen molar-refractivity contribution in [1.29, 1.82) is 0 Å². The molecule has 4 nitrogen and oxygen atoms in total. The molecule has 0 aliphatic rings. The Morgan fingerprint density at radius 1 is 1.37 bits per heavy atom. The van der Waals surface area contributed by atoms with E-state index in [1.54, 1.807) is 17.5 Å². The lowest BCUT2D eigenvalue weighted by Gasteiger charge is -2.24. The average Bonchev–Trinajstić information content (AvgIpc) is 2.75. The molecule has 0 aromatic carbocycles. The van der Waals surface area contributed by atoms with Crippen molar-refractivity contribution in [2.45, 2.75) is 39.3 Å². The van der Waals surface area contributed by atoms with Crippen molar-refractivity contribution in [2.75, 3.05) is 5.32 Å². The summed E-state index contributed by atoms with van der Waals surface area (Å²) >= 11 is 1.67. The van der Waals surface area contributed by atoms with Crippen LogP contribution < -0.4 is 10.6 Å². The normalized spacial score (nSPS) is 13.3. The van der Waals surface area contributed by atoms with Gasteiger partial charge in [-0.3, -0.25) is 4.79 Å². The van der Waals surface area contributed by atoms with Crippen molar-refractivity contribution in [3.05, 3.63) is 23.7 Å². The molecule has 1 amide bonds. The number of carbonyl (C=O) groups excluding carboxylic acids is 1. The monoisotopic (exact) mass is 277 g/mol. The van der Waals surface area contributed by atoms with Gasteiger partial charge in [0.15, 0.2) is 0 Å². The molecule has 1 unspecified atom stereocenters. The lowest BCUT2D eigenvalue weighted by molar-refractivity contribution is -0.122. The third kappa shape index (κ3) is 3.44. The fourth-order valence-corrected chi connectivity index (χ4v) is 2.54. The molecule has 2 aromatic heterocycles. The summed E-state index contributed by atoms with van der Waals surface area (Å²) in [7, 11) is 0. The molecule has 19 heavy (non-hydrogen) atoms. The molecule has 0 fully saturated rings. The molecular weight excluding hydrogens is 258 g/mol. The largest absolute Gasteiger partial charge is 0.358 e. The molecule has 1 atom stereocenters. The topological polar surface area (TPSA) is 54.0 Å². The summed E-state index contributed by atoms with van der Waals surface area (Å²) in [5, 5.41) is 9.21. The Kier molecular flexibility index (Phi) is 3.75. The van der Waals surface area contributed by atoms with Crippen molar-refractivity contribution < 1.29 is 4.79 Å². The Morgan fingerprint density at radius 2 is 2.11 bits per heavy atom. The Balaban J connectivity index is 2.12. The number of aromatic nitrogens is 1. The van der Waals surface area contributed by atoms with Crippen LogP contribution in [-0.4, -0.2) is 22.5 Å². The van der Waals surface area contributed by atoms with Crippen LogP contribution in [0.5, 0.6) is 0 Å². The molecule has 0 saturated heterocycles. The molecular formula is C14H19N3OS. The van der Waals surface area contributed by atoms with Crippen molar-refractivity contribution >= 4 is 33.1 Å². The molecule has 0 radical (unpaired) electrons. The van der Waals surface area contributed by atoms with Gasteiger partial charge in [0, 0.05) is 21.8 Å². The van der Waals surface area contributed by atoms with E-state index in [-0.39, 0.29) is 17.5 Å². The molecule has 0 saturated carbocycles. The number of thiophene rings is 1. The van der Waals surface area contributed by atoms with Gasteiger partial charge in [-0.1, -0.05) is 0 Å². The number of fused-ring (bicyclic) bond motifs is 1. The van der Waals surface area contributed by atoms with Gasteiger partial charge in [-0.25, -0.2) is 4.98 Å². The summed E-state index contributed by atoms with van der Waals surface area (Å²) < 4.78 is 1.17. The maximum absolute atomic E-state index is 12.0.